The summed E-state index contributed by atoms with van der Waals surface area (Å²) in [5.41, 5.74) is 1.14. The molecule has 0 saturated carbocycles. The summed E-state index contributed by atoms with van der Waals surface area (Å²) in [5, 5.41) is 2.89. The fraction of sp³-hybridized carbons (Fsp3) is 0.462. The summed E-state index contributed by atoms with van der Waals surface area (Å²) in [5.74, 6) is 0.296. The zero-order valence-corrected chi connectivity index (χ0v) is 9.64. The number of carbonyl (C=O) groups excluding carboxylic acids is 1. The van der Waals surface area contributed by atoms with Crippen LogP contribution >= 0.6 is 0 Å². The Bertz CT molecular complexity index is 363. The maximum Gasteiger partial charge on any atom is 0.407 e. The highest BCUT2D eigenvalue weighted by molar-refractivity contribution is 5.69. The summed E-state index contributed by atoms with van der Waals surface area (Å²) in [4.78, 5) is 11.4. The lowest BCUT2D eigenvalue weighted by molar-refractivity contribution is 0.0197. The molecule has 3 nitrogen and oxygen atoms in total. The maximum atomic E-state index is 11.4. The molecule has 0 spiro atoms. The van der Waals surface area contributed by atoms with E-state index in [0.29, 0.717) is 5.92 Å². The molecule has 1 fully saturated rings. The van der Waals surface area contributed by atoms with Crippen molar-refractivity contribution in [3.8, 4) is 0 Å². The molecule has 1 aromatic carbocycles. The molecule has 86 valence electrons. The average Bonchev–Trinajstić information content (AvgIpc) is 2.33. The molecule has 0 aromatic heterocycles. The normalized spacial score (nSPS) is 29.4. The van der Waals surface area contributed by atoms with Crippen molar-refractivity contribution >= 4 is 6.09 Å². The zero-order valence-electron chi connectivity index (χ0n) is 9.64. The fourth-order valence-electron chi connectivity index (χ4n) is 2.25. The van der Waals surface area contributed by atoms with Crippen LogP contribution in [0.4, 0.5) is 4.79 Å². The first-order valence-corrected chi connectivity index (χ1v) is 5.74. The second-order valence-corrected chi connectivity index (χ2v) is 4.24. The number of amides is 1. The summed E-state index contributed by atoms with van der Waals surface area (Å²) in [7, 11) is 0. The summed E-state index contributed by atoms with van der Waals surface area (Å²) in [6.45, 7) is 4.16. The number of cyclic esters (lactones) is 1. The minimum absolute atomic E-state index is 0.0129. The van der Waals surface area contributed by atoms with Gasteiger partial charge in [-0.15, -0.1) is 0 Å². The Morgan fingerprint density at radius 2 is 2.00 bits per heavy atom. The molecule has 0 bridgehead atoms. The molecule has 3 atom stereocenters. The van der Waals surface area contributed by atoms with Crippen molar-refractivity contribution in [2.45, 2.75) is 32.4 Å². The van der Waals surface area contributed by atoms with Crippen molar-refractivity contribution in [1.82, 2.24) is 5.32 Å². The molecule has 1 aliphatic rings. The van der Waals surface area contributed by atoms with Crippen LogP contribution in [0.3, 0.4) is 0 Å². The third-order valence-corrected chi connectivity index (χ3v) is 3.21. The SMILES string of the molecule is CCC1OC(=O)NC(c2ccccc2)C1C. The molecule has 1 heterocycles. The molecule has 3 unspecified atom stereocenters. The van der Waals surface area contributed by atoms with E-state index < -0.39 is 0 Å². The van der Waals surface area contributed by atoms with Gasteiger partial charge in [-0.1, -0.05) is 44.2 Å². The van der Waals surface area contributed by atoms with Crippen molar-refractivity contribution in [3.05, 3.63) is 35.9 Å². The smallest absolute Gasteiger partial charge is 0.407 e. The van der Waals surface area contributed by atoms with Crippen molar-refractivity contribution in [2.75, 3.05) is 0 Å². The first-order chi connectivity index (χ1) is 7.72. The Morgan fingerprint density at radius 3 is 2.62 bits per heavy atom. The number of ether oxygens (including phenoxy) is 1. The number of hydrogen-bond donors (Lipinski definition) is 1. The molecule has 0 aliphatic carbocycles. The van der Waals surface area contributed by atoms with Gasteiger partial charge in [-0.25, -0.2) is 4.79 Å². The lowest BCUT2D eigenvalue weighted by Crippen LogP contribution is -2.46. The highest BCUT2D eigenvalue weighted by Crippen LogP contribution is 2.30. The van der Waals surface area contributed by atoms with Crippen LogP contribution in [0.1, 0.15) is 31.9 Å². The predicted octanol–water partition coefficient (Wildman–Crippen LogP) is 2.88. The summed E-state index contributed by atoms with van der Waals surface area (Å²) < 4.78 is 5.25. The molecule has 2 rings (SSSR count). The van der Waals surface area contributed by atoms with E-state index in [4.69, 9.17) is 4.74 Å². The molecule has 1 aliphatic heterocycles. The Labute approximate surface area is 95.8 Å². The van der Waals surface area contributed by atoms with Crippen molar-refractivity contribution in [3.63, 3.8) is 0 Å². The second kappa shape index (κ2) is 4.56. The maximum absolute atomic E-state index is 11.4. The Morgan fingerprint density at radius 1 is 1.31 bits per heavy atom. The first kappa shape index (κ1) is 11.0. The van der Waals surface area contributed by atoms with Crippen molar-refractivity contribution < 1.29 is 9.53 Å². The van der Waals surface area contributed by atoms with E-state index >= 15 is 0 Å². The quantitative estimate of drug-likeness (QED) is 0.830. The lowest BCUT2D eigenvalue weighted by Gasteiger charge is -2.36. The van der Waals surface area contributed by atoms with Crippen LogP contribution in [0.15, 0.2) is 30.3 Å². The molecule has 1 saturated heterocycles. The molecule has 1 aromatic rings. The fourth-order valence-corrected chi connectivity index (χ4v) is 2.25. The second-order valence-electron chi connectivity index (χ2n) is 4.24. The van der Waals surface area contributed by atoms with Crippen molar-refractivity contribution in [2.24, 2.45) is 5.92 Å². The third kappa shape index (κ3) is 2.03. The van der Waals surface area contributed by atoms with E-state index in [0.717, 1.165) is 12.0 Å². The van der Waals surface area contributed by atoms with Gasteiger partial charge in [0, 0.05) is 5.92 Å². The monoisotopic (exact) mass is 219 g/mol. The summed E-state index contributed by atoms with van der Waals surface area (Å²) in [6.07, 6.45) is 0.565. The Balaban J connectivity index is 2.23. The third-order valence-electron chi connectivity index (χ3n) is 3.21. The molecule has 16 heavy (non-hydrogen) atoms. The average molecular weight is 219 g/mol. The molecule has 1 amide bonds. The van der Waals surface area contributed by atoms with Gasteiger partial charge in [0.2, 0.25) is 0 Å². The van der Waals surface area contributed by atoms with Crippen LogP contribution in [0, 0.1) is 5.92 Å². The minimum Gasteiger partial charge on any atom is -0.446 e. The number of rotatable bonds is 2. The van der Waals surface area contributed by atoms with E-state index in [-0.39, 0.29) is 18.2 Å². The first-order valence-electron chi connectivity index (χ1n) is 5.74. The van der Waals surface area contributed by atoms with Gasteiger partial charge in [-0.2, -0.15) is 0 Å². The van der Waals surface area contributed by atoms with Crippen LogP contribution in [0.2, 0.25) is 0 Å². The number of carbonyl (C=O) groups is 1. The lowest BCUT2D eigenvalue weighted by atomic mass is 9.88. The van der Waals surface area contributed by atoms with Gasteiger partial charge in [-0.3, -0.25) is 0 Å². The molecule has 1 N–H and O–H groups in total. The van der Waals surface area contributed by atoms with Gasteiger partial charge < -0.3 is 10.1 Å². The number of alkyl carbamates (subject to hydrolysis) is 1. The van der Waals surface area contributed by atoms with Gasteiger partial charge in [0.1, 0.15) is 6.10 Å². The van der Waals surface area contributed by atoms with E-state index in [1.807, 2.05) is 37.3 Å². The molecular formula is C13H17NO2. The van der Waals surface area contributed by atoms with Crippen LogP contribution < -0.4 is 5.32 Å². The van der Waals surface area contributed by atoms with Crippen LogP contribution in [-0.2, 0) is 4.74 Å². The predicted molar refractivity (Wildman–Crippen MR) is 62.0 cm³/mol. The number of benzene rings is 1. The zero-order chi connectivity index (χ0) is 11.5. The Kier molecular flexibility index (Phi) is 3.13. The van der Waals surface area contributed by atoms with Gasteiger partial charge >= 0.3 is 6.09 Å². The summed E-state index contributed by atoms with van der Waals surface area (Å²) >= 11 is 0. The molecule has 3 heteroatoms. The minimum atomic E-state index is -0.307. The van der Waals surface area contributed by atoms with Gasteiger partial charge in [0.15, 0.2) is 0 Å². The Hall–Kier alpha value is -1.51. The highest BCUT2D eigenvalue weighted by atomic mass is 16.6. The summed E-state index contributed by atoms with van der Waals surface area (Å²) in [6, 6.07) is 10.1. The van der Waals surface area contributed by atoms with Gasteiger partial charge in [0.05, 0.1) is 6.04 Å². The van der Waals surface area contributed by atoms with E-state index in [1.54, 1.807) is 0 Å². The molecule has 0 radical (unpaired) electrons. The standard InChI is InChI=1S/C13H17NO2/c1-3-11-9(2)12(14-13(15)16-11)10-7-5-4-6-8-10/h4-9,11-12H,3H2,1-2H3,(H,14,15). The topological polar surface area (TPSA) is 38.3 Å². The van der Waals surface area contributed by atoms with E-state index in [2.05, 4.69) is 12.2 Å². The number of nitrogens with one attached hydrogen (secondary N) is 1. The van der Waals surface area contributed by atoms with Crippen LogP contribution in [-0.4, -0.2) is 12.2 Å². The largest absolute Gasteiger partial charge is 0.446 e. The van der Waals surface area contributed by atoms with Gasteiger partial charge in [-0.05, 0) is 12.0 Å². The van der Waals surface area contributed by atoms with E-state index in [9.17, 15) is 4.79 Å². The van der Waals surface area contributed by atoms with E-state index in [1.165, 1.54) is 0 Å². The van der Waals surface area contributed by atoms with Crippen molar-refractivity contribution in [1.29, 1.82) is 0 Å². The van der Waals surface area contributed by atoms with Gasteiger partial charge in [0.25, 0.3) is 0 Å². The highest BCUT2D eigenvalue weighted by Gasteiger charge is 2.34. The number of hydrogen-bond acceptors (Lipinski definition) is 2. The van der Waals surface area contributed by atoms with Crippen LogP contribution in [0.25, 0.3) is 0 Å². The molecular weight excluding hydrogens is 202 g/mol. The van der Waals surface area contributed by atoms with Crippen LogP contribution in [0.5, 0.6) is 0 Å².